The number of benzene rings is 1. The summed E-state index contributed by atoms with van der Waals surface area (Å²) < 4.78 is 0. The van der Waals surface area contributed by atoms with E-state index < -0.39 is 0 Å². The summed E-state index contributed by atoms with van der Waals surface area (Å²) >= 11 is 0. The van der Waals surface area contributed by atoms with Crippen molar-refractivity contribution in [1.82, 2.24) is 5.43 Å². The summed E-state index contributed by atoms with van der Waals surface area (Å²) in [5.41, 5.74) is 6.89. The highest BCUT2D eigenvalue weighted by Crippen LogP contribution is 2.11. The first-order valence-corrected chi connectivity index (χ1v) is 5.29. The first kappa shape index (κ1) is 9.25. The molecule has 1 aliphatic heterocycles. The van der Waals surface area contributed by atoms with Crippen molar-refractivity contribution in [3.05, 3.63) is 35.4 Å². The molecule has 0 fully saturated rings. The average molecular weight is 188 g/mol. The first-order chi connectivity index (χ1) is 6.90. The molecule has 2 heteroatoms. The molecule has 0 atom stereocenters. The zero-order valence-electron chi connectivity index (χ0n) is 8.59. The number of aryl methyl sites for hydroxylation is 1. The molecule has 0 bridgehead atoms. The van der Waals surface area contributed by atoms with Gasteiger partial charge in [-0.15, -0.1) is 0 Å². The Balaban J connectivity index is 2.19. The molecule has 2 nitrogen and oxygen atoms in total. The van der Waals surface area contributed by atoms with Crippen LogP contribution in [0.15, 0.2) is 29.4 Å². The van der Waals surface area contributed by atoms with Crippen LogP contribution >= 0.6 is 0 Å². The van der Waals surface area contributed by atoms with E-state index in [0.717, 1.165) is 19.4 Å². The molecular weight excluding hydrogens is 172 g/mol. The van der Waals surface area contributed by atoms with Gasteiger partial charge < -0.3 is 5.43 Å². The molecule has 1 heterocycles. The summed E-state index contributed by atoms with van der Waals surface area (Å²) in [5.74, 6) is 0. The average Bonchev–Trinajstić information content (AvgIpc) is 2.30. The summed E-state index contributed by atoms with van der Waals surface area (Å²) in [6, 6.07) is 8.72. The van der Waals surface area contributed by atoms with Crippen LogP contribution < -0.4 is 5.43 Å². The first-order valence-electron chi connectivity index (χ1n) is 5.29. The van der Waals surface area contributed by atoms with Crippen LogP contribution in [0.1, 0.15) is 30.9 Å². The Morgan fingerprint density at radius 3 is 2.64 bits per heavy atom. The van der Waals surface area contributed by atoms with E-state index in [-0.39, 0.29) is 0 Å². The van der Waals surface area contributed by atoms with Crippen molar-refractivity contribution in [2.75, 3.05) is 6.54 Å². The van der Waals surface area contributed by atoms with Gasteiger partial charge in [0.05, 0.1) is 5.71 Å². The second-order valence-corrected chi connectivity index (χ2v) is 3.62. The fraction of sp³-hybridized carbons (Fsp3) is 0.417. The van der Waals surface area contributed by atoms with Crippen molar-refractivity contribution in [2.45, 2.75) is 26.2 Å². The van der Waals surface area contributed by atoms with Crippen molar-refractivity contribution in [3.8, 4) is 0 Å². The maximum absolute atomic E-state index is 4.32. The maximum atomic E-state index is 4.32. The lowest BCUT2D eigenvalue weighted by atomic mass is 10.0. The van der Waals surface area contributed by atoms with Gasteiger partial charge in [0.1, 0.15) is 0 Å². The molecule has 1 N–H and O–H groups in total. The predicted octanol–water partition coefficient (Wildman–Crippen LogP) is 2.34. The molecule has 1 aromatic rings. The van der Waals surface area contributed by atoms with E-state index in [1.54, 1.807) is 0 Å². The topological polar surface area (TPSA) is 24.4 Å². The SMILES string of the molecule is CCc1ccc(C2=NNCCC2)cc1. The zero-order chi connectivity index (χ0) is 9.80. The molecule has 14 heavy (non-hydrogen) atoms. The molecule has 74 valence electrons. The predicted molar refractivity (Wildman–Crippen MR) is 59.6 cm³/mol. The summed E-state index contributed by atoms with van der Waals surface area (Å²) in [5, 5.41) is 4.32. The van der Waals surface area contributed by atoms with E-state index in [4.69, 9.17) is 0 Å². The molecule has 0 spiro atoms. The monoisotopic (exact) mass is 188 g/mol. The highest BCUT2D eigenvalue weighted by molar-refractivity contribution is 6.00. The Hall–Kier alpha value is -1.31. The van der Waals surface area contributed by atoms with E-state index in [1.165, 1.54) is 23.3 Å². The molecule has 0 saturated heterocycles. The van der Waals surface area contributed by atoms with E-state index in [9.17, 15) is 0 Å². The van der Waals surface area contributed by atoms with Gasteiger partial charge in [0.15, 0.2) is 0 Å². The molecule has 0 saturated carbocycles. The summed E-state index contributed by atoms with van der Waals surface area (Å²) in [4.78, 5) is 0. The lowest BCUT2D eigenvalue weighted by Crippen LogP contribution is -2.19. The third-order valence-corrected chi connectivity index (χ3v) is 2.61. The van der Waals surface area contributed by atoms with Crippen LogP contribution in [0.5, 0.6) is 0 Å². The van der Waals surface area contributed by atoms with Gasteiger partial charge in [0.25, 0.3) is 0 Å². The lowest BCUT2D eigenvalue weighted by Gasteiger charge is -2.13. The summed E-state index contributed by atoms with van der Waals surface area (Å²) in [6.45, 7) is 3.19. The van der Waals surface area contributed by atoms with Crippen LogP contribution in [0.25, 0.3) is 0 Å². The molecule has 0 unspecified atom stereocenters. The maximum Gasteiger partial charge on any atom is 0.0675 e. The molecule has 1 aromatic carbocycles. The van der Waals surface area contributed by atoms with Crippen molar-refractivity contribution in [2.24, 2.45) is 5.10 Å². The van der Waals surface area contributed by atoms with Gasteiger partial charge in [-0.25, -0.2) is 0 Å². The van der Waals surface area contributed by atoms with Crippen molar-refractivity contribution < 1.29 is 0 Å². The van der Waals surface area contributed by atoms with Gasteiger partial charge in [-0.3, -0.25) is 0 Å². The second kappa shape index (κ2) is 4.27. The Bertz CT molecular complexity index is 325. The zero-order valence-corrected chi connectivity index (χ0v) is 8.59. The van der Waals surface area contributed by atoms with Crippen molar-refractivity contribution in [1.29, 1.82) is 0 Å². The van der Waals surface area contributed by atoms with Crippen LogP contribution in [-0.2, 0) is 6.42 Å². The van der Waals surface area contributed by atoms with Crippen LogP contribution in [0.4, 0.5) is 0 Å². The van der Waals surface area contributed by atoms with Gasteiger partial charge >= 0.3 is 0 Å². The number of nitrogens with one attached hydrogen (secondary N) is 1. The van der Waals surface area contributed by atoms with Gasteiger partial charge in [-0.05, 0) is 30.4 Å². The standard InChI is InChI=1S/C12H16N2/c1-2-10-5-7-11(8-6-10)12-4-3-9-13-14-12/h5-8,13H,2-4,9H2,1H3. The number of nitrogens with zero attached hydrogens (tertiary/aromatic N) is 1. The molecule has 0 aliphatic carbocycles. The minimum Gasteiger partial charge on any atom is -0.310 e. The van der Waals surface area contributed by atoms with E-state index >= 15 is 0 Å². The Labute approximate surface area is 85.0 Å². The minimum absolute atomic E-state index is 1.01. The molecule has 1 aliphatic rings. The molecule has 0 amide bonds. The van der Waals surface area contributed by atoms with Crippen LogP contribution in [0.3, 0.4) is 0 Å². The normalized spacial score (nSPS) is 15.9. The van der Waals surface area contributed by atoms with Gasteiger partial charge in [-0.1, -0.05) is 31.2 Å². The highest BCUT2D eigenvalue weighted by atomic mass is 15.3. The minimum atomic E-state index is 1.01. The number of rotatable bonds is 2. The van der Waals surface area contributed by atoms with Gasteiger partial charge in [-0.2, -0.15) is 5.10 Å². The van der Waals surface area contributed by atoms with E-state index in [1.807, 2.05) is 0 Å². The van der Waals surface area contributed by atoms with Crippen molar-refractivity contribution in [3.63, 3.8) is 0 Å². The lowest BCUT2D eigenvalue weighted by molar-refractivity contribution is 0.662. The van der Waals surface area contributed by atoms with Gasteiger partial charge in [0.2, 0.25) is 0 Å². The van der Waals surface area contributed by atoms with E-state index in [2.05, 4.69) is 41.7 Å². The largest absolute Gasteiger partial charge is 0.310 e. The van der Waals surface area contributed by atoms with Crippen LogP contribution in [0, 0.1) is 0 Å². The smallest absolute Gasteiger partial charge is 0.0675 e. The Morgan fingerprint density at radius 1 is 1.29 bits per heavy atom. The summed E-state index contributed by atoms with van der Waals surface area (Å²) in [6.07, 6.45) is 3.39. The van der Waals surface area contributed by atoms with E-state index in [0.29, 0.717) is 0 Å². The second-order valence-electron chi connectivity index (χ2n) is 3.62. The quantitative estimate of drug-likeness (QED) is 0.757. The fourth-order valence-electron chi connectivity index (χ4n) is 1.68. The summed E-state index contributed by atoms with van der Waals surface area (Å²) in [7, 11) is 0. The van der Waals surface area contributed by atoms with Crippen LogP contribution in [-0.4, -0.2) is 12.3 Å². The van der Waals surface area contributed by atoms with Gasteiger partial charge in [0, 0.05) is 6.54 Å². The molecule has 2 rings (SSSR count). The molecule has 0 aromatic heterocycles. The third-order valence-electron chi connectivity index (χ3n) is 2.61. The number of hydrogen-bond donors (Lipinski definition) is 1. The van der Waals surface area contributed by atoms with Crippen LogP contribution in [0.2, 0.25) is 0 Å². The van der Waals surface area contributed by atoms with Crippen molar-refractivity contribution >= 4 is 5.71 Å². The molecular formula is C12H16N2. The fourth-order valence-corrected chi connectivity index (χ4v) is 1.68. The number of hydrazone groups is 1. The highest BCUT2D eigenvalue weighted by Gasteiger charge is 2.06. The Kier molecular flexibility index (Phi) is 2.82. The third kappa shape index (κ3) is 1.95. The molecule has 0 radical (unpaired) electrons. The number of hydrogen-bond acceptors (Lipinski definition) is 2. The Morgan fingerprint density at radius 2 is 2.07 bits per heavy atom.